The highest BCUT2D eigenvalue weighted by molar-refractivity contribution is 5.74. The van der Waals surface area contributed by atoms with Crippen molar-refractivity contribution in [3.8, 4) is 0 Å². The summed E-state index contributed by atoms with van der Waals surface area (Å²) in [7, 11) is 0. The smallest absolute Gasteiger partial charge is 0.321 e. The Morgan fingerprint density at radius 1 is 1.44 bits per heavy atom. The molecule has 1 aromatic rings. The Kier molecular flexibility index (Phi) is 4.66. The van der Waals surface area contributed by atoms with Crippen LogP contribution in [0.4, 0.5) is 0 Å². The van der Waals surface area contributed by atoms with Gasteiger partial charge in [-0.1, -0.05) is 30.3 Å². The van der Waals surface area contributed by atoms with Gasteiger partial charge < -0.3 is 9.90 Å². The standard InChI is InChI=1S/C12H15NO3/c1-9(8-14)13-11(12(15)16)7-10-5-3-2-4-6-10/h2-6,8-9,11,13H,7H2,1H3,(H,15,16). The predicted molar refractivity (Wildman–Crippen MR) is 60.2 cm³/mol. The third-order valence-corrected chi connectivity index (χ3v) is 2.25. The number of nitrogens with one attached hydrogen (secondary N) is 1. The molecule has 0 radical (unpaired) electrons. The Labute approximate surface area is 94.3 Å². The summed E-state index contributed by atoms with van der Waals surface area (Å²) in [5, 5.41) is 11.7. The molecule has 0 heterocycles. The third-order valence-electron chi connectivity index (χ3n) is 2.25. The number of carboxylic acids is 1. The first-order chi connectivity index (χ1) is 7.63. The molecule has 1 aromatic carbocycles. The van der Waals surface area contributed by atoms with E-state index < -0.39 is 18.1 Å². The van der Waals surface area contributed by atoms with Crippen molar-refractivity contribution in [1.82, 2.24) is 5.32 Å². The van der Waals surface area contributed by atoms with Gasteiger partial charge in [-0.2, -0.15) is 0 Å². The molecule has 2 N–H and O–H groups in total. The number of aldehydes is 1. The predicted octanol–water partition coefficient (Wildman–Crippen LogP) is 0.859. The first-order valence-electron chi connectivity index (χ1n) is 5.11. The van der Waals surface area contributed by atoms with Gasteiger partial charge >= 0.3 is 5.97 Å². The number of carboxylic acid groups (broad SMARTS) is 1. The Morgan fingerprint density at radius 3 is 2.56 bits per heavy atom. The van der Waals surface area contributed by atoms with Gasteiger partial charge in [0.15, 0.2) is 0 Å². The Bertz CT molecular complexity index is 351. The SMILES string of the molecule is CC(C=O)NC(Cc1ccccc1)C(=O)O. The molecule has 16 heavy (non-hydrogen) atoms. The Balaban J connectivity index is 2.65. The van der Waals surface area contributed by atoms with Crippen LogP contribution in [0.5, 0.6) is 0 Å². The maximum atomic E-state index is 11.0. The van der Waals surface area contributed by atoms with Gasteiger partial charge in [-0.25, -0.2) is 0 Å². The molecule has 2 atom stereocenters. The van der Waals surface area contributed by atoms with Crippen LogP contribution >= 0.6 is 0 Å². The maximum Gasteiger partial charge on any atom is 0.321 e. The number of hydrogen-bond donors (Lipinski definition) is 2. The van der Waals surface area contributed by atoms with Gasteiger partial charge in [0.25, 0.3) is 0 Å². The van der Waals surface area contributed by atoms with Crippen molar-refractivity contribution in [2.24, 2.45) is 0 Å². The summed E-state index contributed by atoms with van der Waals surface area (Å²) in [5.41, 5.74) is 0.931. The van der Waals surface area contributed by atoms with Gasteiger partial charge in [-0.3, -0.25) is 10.1 Å². The van der Waals surface area contributed by atoms with Gasteiger partial charge in [-0.05, 0) is 18.9 Å². The second-order valence-corrected chi connectivity index (χ2v) is 3.67. The van der Waals surface area contributed by atoms with E-state index in [1.54, 1.807) is 6.92 Å². The second kappa shape index (κ2) is 6.02. The molecule has 0 aliphatic rings. The summed E-state index contributed by atoms with van der Waals surface area (Å²) in [6.07, 6.45) is 1.06. The zero-order valence-electron chi connectivity index (χ0n) is 9.09. The molecule has 1 rings (SSSR count). The number of aliphatic carboxylic acids is 1. The second-order valence-electron chi connectivity index (χ2n) is 3.67. The number of rotatable bonds is 6. The summed E-state index contributed by atoms with van der Waals surface area (Å²) in [4.78, 5) is 21.4. The van der Waals surface area contributed by atoms with E-state index in [1.165, 1.54) is 0 Å². The normalized spacial score (nSPS) is 14.1. The van der Waals surface area contributed by atoms with E-state index in [0.29, 0.717) is 12.7 Å². The molecule has 4 heteroatoms. The van der Waals surface area contributed by atoms with Gasteiger partial charge in [-0.15, -0.1) is 0 Å². The molecular formula is C12H15NO3. The van der Waals surface area contributed by atoms with E-state index in [9.17, 15) is 9.59 Å². The molecule has 0 saturated carbocycles. The first kappa shape index (κ1) is 12.4. The van der Waals surface area contributed by atoms with Crippen molar-refractivity contribution in [2.45, 2.75) is 25.4 Å². The summed E-state index contributed by atoms with van der Waals surface area (Å²) < 4.78 is 0. The van der Waals surface area contributed by atoms with Crippen LogP contribution in [0.25, 0.3) is 0 Å². The molecule has 0 saturated heterocycles. The zero-order chi connectivity index (χ0) is 12.0. The summed E-state index contributed by atoms with van der Waals surface area (Å²) in [5.74, 6) is -0.947. The van der Waals surface area contributed by atoms with Crippen molar-refractivity contribution in [2.75, 3.05) is 0 Å². The fourth-order valence-corrected chi connectivity index (χ4v) is 1.42. The monoisotopic (exact) mass is 221 g/mol. The zero-order valence-corrected chi connectivity index (χ0v) is 9.09. The lowest BCUT2D eigenvalue weighted by Crippen LogP contribution is -2.44. The molecule has 0 aliphatic carbocycles. The molecule has 0 fully saturated rings. The Morgan fingerprint density at radius 2 is 2.06 bits per heavy atom. The first-order valence-corrected chi connectivity index (χ1v) is 5.11. The van der Waals surface area contributed by atoms with Crippen LogP contribution in [0.15, 0.2) is 30.3 Å². The molecule has 0 bridgehead atoms. The van der Waals surface area contributed by atoms with Crippen LogP contribution in [0.3, 0.4) is 0 Å². The van der Waals surface area contributed by atoms with Crippen molar-refractivity contribution in [1.29, 1.82) is 0 Å². The fraction of sp³-hybridized carbons (Fsp3) is 0.333. The molecule has 0 aromatic heterocycles. The molecule has 0 aliphatic heterocycles. The highest BCUT2D eigenvalue weighted by Gasteiger charge is 2.19. The van der Waals surface area contributed by atoms with E-state index in [0.717, 1.165) is 5.56 Å². The van der Waals surface area contributed by atoms with E-state index in [-0.39, 0.29) is 0 Å². The van der Waals surface area contributed by atoms with Crippen LogP contribution < -0.4 is 5.32 Å². The molecule has 0 amide bonds. The van der Waals surface area contributed by atoms with Crippen LogP contribution in [0.2, 0.25) is 0 Å². The summed E-state index contributed by atoms with van der Waals surface area (Å²) in [6.45, 7) is 1.63. The third kappa shape index (κ3) is 3.82. The van der Waals surface area contributed by atoms with Crippen molar-refractivity contribution in [3.63, 3.8) is 0 Å². The minimum atomic E-state index is -0.947. The lowest BCUT2D eigenvalue weighted by Gasteiger charge is -2.16. The van der Waals surface area contributed by atoms with E-state index in [1.807, 2.05) is 30.3 Å². The lowest BCUT2D eigenvalue weighted by molar-refractivity contribution is -0.139. The van der Waals surface area contributed by atoms with Crippen LogP contribution in [-0.4, -0.2) is 29.4 Å². The number of hydrogen-bond acceptors (Lipinski definition) is 3. The van der Waals surface area contributed by atoms with Crippen molar-refractivity contribution < 1.29 is 14.7 Å². The number of carbonyl (C=O) groups is 2. The summed E-state index contributed by atoms with van der Waals surface area (Å²) >= 11 is 0. The largest absolute Gasteiger partial charge is 0.480 e. The van der Waals surface area contributed by atoms with Crippen LogP contribution in [0.1, 0.15) is 12.5 Å². The van der Waals surface area contributed by atoms with Gasteiger partial charge in [0.1, 0.15) is 12.3 Å². The maximum absolute atomic E-state index is 11.0. The highest BCUT2D eigenvalue weighted by Crippen LogP contribution is 2.03. The quantitative estimate of drug-likeness (QED) is 0.699. The molecule has 86 valence electrons. The molecule has 4 nitrogen and oxygen atoms in total. The van der Waals surface area contributed by atoms with E-state index in [2.05, 4.69) is 5.32 Å². The minimum absolute atomic E-state index is 0.369. The van der Waals surface area contributed by atoms with Gasteiger partial charge in [0, 0.05) is 0 Å². The van der Waals surface area contributed by atoms with Gasteiger partial charge in [0.05, 0.1) is 6.04 Å². The fourth-order valence-electron chi connectivity index (χ4n) is 1.42. The minimum Gasteiger partial charge on any atom is -0.480 e. The average molecular weight is 221 g/mol. The van der Waals surface area contributed by atoms with Crippen molar-refractivity contribution >= 4 is 12.3 Å². The Hall–Kier alpha value is -1.68. The molecule has 2 unspecified atom stereocenters. The van der Waals surface area contributed by atoms with E-state index in [4.69, 9.17) is 5.11 Å². The van der Waals surface area contributed by atoms with Crippen LogP contribution in [0, 0.1) is 0 Å². The number of benzene rings is 1. The molecule has 0 spiro atoms. The topological polar surface area (TPSA) is 66.4 Å². The van der Waals surface area contributed by atoms with Crippen LogP contribution in [-0.2, 0) is 16.0 Å². The van der Waals surface area contributed by atoms with Gasteiger partial charge in [0.2, 0.25) is 0 Å². The highest BCUT2D eigenvalue weighted by atomic mass is 16.4. The van der Waals surface area contributed by atoms with E-state index >= 15 is 0 Å². The summed E-state index contributed by atoms with van der Waals surface area (Å²) in [6, 6.07) is 8.13. The van der Waals surface area contributed by atoms with Crippen molar-refractivity contribution in [3.05, 3.63) is 35.9 Å². The average Bonchev–Trinajstić information content (AvgIpc) is 2.29. The lowest BCUT2D eigenvalue weighted by atomic mass is 10.1. The number of carbonyl (C=O) groups excluding carboxylic acids is 1. The molecular weight excluding hydrogens is 206 g/mol.